The van der Waals surface area contributed by atoms with Gasteiger partial charge in [-0.3, -0.25) is 4.79 Å². The molecule has 90 valence electrons. The van der Waals surface area contributed by atoms with E-state index < -0.39 is 6.04 Å². The molecular weight excluding hydrogens is 214 g/mol. The third-order valence-corrected chi connectivity index (χ3v) is 2.51. The van der Waals surface area contributed by atoms with Crippen molar-refractivity contribution >= 4 is 5.78 Å². The number of ketones is 1. The molecule has 0 aromatic heterocycles. The molecule has 0 bridgehead atoms. The topological polar surface area (TPSA) is 52.3 Å². The van der Waals surface area contributed by atoms with Crippen molar-refractivity contribution in [2.75, 3.05) is 0 Å². The predicted octanol–water partition coefficient (Wildman–Crippen LogP) is 1.51. The Morgan fingerprint density at radius 1 is 1.47 bits per heavy atom. The van der Waals surface area contributed by atoms with Crippen LogP contribution in [0, 0.1) is 12.3 Å². The highest BCUT2D eigenvalue weighted by molar-refractivity contribution is 5.86. The molecule has 2 atom stereocenters. The zero-order valence-corrected chi connectivity index (χ0v) is 9.93. The van der Waals surface area contributed by atoms with Crippen LogP contribution in [-0.4, -0.2) is 17.9 Å². The summed E-state index contributed by atoms with van der Waals surface area (Å²) in [4.78, 5) is 11.4. The summed E-state index contributed by atoms with van der Waals surface area (Å²) in [5, 5.41) is 0. The summed E-state index contributed by atoms with van der Waals surface area (Å²) >= 11 is 0. The van der Waals surface area contributed by atoms with E-state index in [2.05, 4.69) is 5.92 Å². The van der Waals surface area contributed by atoms with Crippen molar-refractivity contribution in [3.63, 3.8) is 0 Å². The fraction of sp³-hybridized carbons (Fsp3) is 0.357. The number of nitrogens with two attached hydrogens (primary N) is 1. The quantitative estimate of drug-likeness (QED) is 0.755. The second-order valence-electron chi connectivity index (χ2n) is 3.87. The number of terminal acetylenes is 1. The summed E-state index contributed by atoms with van der Waals surface area (Å²) in [7, 11) is 0. The molecule has 0 aliphatic carbocycles. The summed E-state index contributed by atoms with van der Waals surface area (Å²) in [6, 6.07) is 9.08. The highest BCUT2D eigenvalue weighted by atomic mass is 16.5. The van der Waals surface area contributed by atoms with E-state index in [1.165, 1.54) is 0 Å². The second-order valence-corrected chi connectivity index (χ2v) is 3.87. The molecule has 0 spiro atoms. The van der Waals surface area contributed by atoms with Gasteiger partial charge in [0.1, 0.15) is 0 Å². The van der Waals surface area contributed by atoms with E-state index in [-0.39, 0.29) is 18.3 Å². The van der Waals surface area contributed by atoms with Gasteiger partial charge in [0, 0.05) is 0 Å². The smallest absolute Gasteiger partial charge is 0.163 e. The molecule has 3 nitrogen and oxygen atoms in total. The lowest BCUT2D eigenvalue weighted by atomic mass is 10.1. The Labute approximate surface area is 102 Å². The standard InChI is InChI=1S/C14H17NO2/c1-3-7-13(16)14(15)11(2)17-10-12-8-5-4-6-9-12/h1,4-6,8-9,11,14H,7,10,15H2,2H3. The molecule has 0 aliphatic rings. The zero-order valence-electron chi connectivity index (χ0n) is 9.93. The molecule has 2 unspecified atom stereocenters. The van der Waals surface area contributed by atoms with Crippen LogP contribution in [0.15, 0.2) is 30.3 Å². The van der Waals surface area contributed by atoms with Crippen LogP contribution in [0.4, 0.5) is 0 Å². The van der Waals surface area contributed by atoms with E-state index in [0.717, 1.165) is 5.56 Å². The number of carbonyl (C=O) groups is 1. The van der Waals surface area contributed by atoms with Gasteiger partial charge < -0.3 is 10.5 Å². The number of rotatable bonds is 6. The van der Waals surface area contributed by atoms with E-state index >= 15 is 0 Å². The van der Waals surface area contributed by atoms with Crippen molar-refractivity contribution in [3.05, 3.63) is 35.9 Å². The Morgan fingerprint density at radius 3 is 2.71 bits per heavy atom. The van der Waals surface area contributed by atoms with Crippen LogP contribution in [0.3, 0.4) is 0 Å². The van der Waals surface area contributed by atoms with Crippen molar-refractivity contribution in [3.8, 4) is 12.3 Å². The van der Waals surface area contributed by atoms with Gasteiger partial charge in [-0.1, -0.05) is 36.3 Å². The van der Waals surface area contributed by atoms with Gasteiger partial charge in [0.25, 0.3) is 0 Å². The number of carbonyl (C=O) groups excluding carboxylic acids is 1. The molecule has 0 heterocycles. The maximum absolute atomic E-state index is 11.4. The summed E-state index contributed by atoms with van der Waals surface area (Å²) in [5.41, 5.74) is 6.79. The first-order chi connectivity index (χ1) is 8.15. The average Bonchev–Trinajstić information content (AvgIpc) is 2.36. The lowest BCUT2D eigenvalue weighted by Gasteiger charge is -2.18. The molecule has 0 fully saturated rings. The van der Waals surface area contributed by atoms with Gasteiger partial charge in [0.2, 0.25) is 0 Å². The van der Waals surface area contributed by atoms with Crippen molar-refractivity contribution in [2.24, 2.45) is 5.73 Å². The third kappa shape index (κ3) is 4.39. The normalized spacial score (nSPS) is 13.7. The van der Waals surface area contributed by atoms with Crippen LogP contribution in [0.2, 0.25) is 0 Å². The minimum Gasteiger partial charge on any atom is -0.372 e. The highest BCUT2D eigenvalue weighted by Crippen LogP contribution is 2.06. The second kappa shape index (κ2) is 6.85. The molecule has 0 aliphatic heterocycles. The molecule has 1 rings (SSSR count). The summed E-state index contributed by atoms with van der Waals surface area (Å²) in [6.07, 6.45) is 4.78. The van der Waals surface area contributed by atoms with Gasteiger partial charge in [-0.25, -0.2) is 0 Å². The summed E-state index contributed by atoms with van der Waals surface area (Å²) in [6.45, 7) is 2.22. The first kappa shape index (κ1) is 13.4. The summed E-state index contributed by atoms with van der Waals surface area (Å²) < 4.78 is 5.54. The highest BCUT2D eigenvalue weighted by Gasteiger charge is 2.20. The van der Waals surface area contributed by atoms with Crippen molar-refractivity contribution in [2.45, 2.75) is 32.1 Å². The van der Waals surface area contributed by atoms with Gasteiger partial charge in [0.05, 0.1) is 25.2 Å². The average molecular weight is 231 g/mol. The maximum Gasteiger partial charge on any atom is 0.163 e. The fourth-order valence-electron chi connectivity index (χ4n) is 1.39. The Bertz CT molecular complexity index is 394. The van der Waals surface area contributed by atoms with Gasteiger partial charge in [0.15, 0.2) is 5.78 Å². The number of hydrogen-bond acceptors (Lipinski definition) is 3. The van der Waals surface area contributed by atoms with Crippen molar-refractivity contribution < 1.29 is 9.53 Å². The summed E-state index contributed by atoms with van der Waals surface area (Å²) in [5.74, 6) is 2.13. The SMILES string of the molecule is C#CCC(=O)C(N)C(C)OCc1ccccc1. The molecule has 0 saturated carbocycles. The molecule has 1 aromatic carbocycles. The third-order valence-electron chi connectivity index (χ3n) is 2.51. The Kier molecular flexibility index (Phi) is 5.41. The minimum absolute atomic E-state index is 0.0558. The number of Topliss-reactive ketones (excluding diaryl/α,β-unsaturated/α-hetero) is 1. The zero-order chi connectivity index (χ0) is 12.7. The van der Waals surface area contributed by atoms with Crippen molar-refractivity contribution in [1.29, 1.82) is 0 Å². The first-order valence-corrected chi connectivity index (χ1v) is 5.52. The lowest BCUT2D eigenvalue weighted by molar-refractivity contribution is -0.122. The van der Waals surface area contributed by atoms with Crippen LogP contribution < -0.4 is 5.73 Å². The Morgan fingerprint density at radius 2 is 2.12 bits per heavy atom. The minimum atomic E-state index is -0.658. The fourth-order valence-corrected chi connectivity index (χ4v) is 1.39. The molecular formula is C14H17NO2. The monoisotopic (exact) mass is 231 g/mol. The van der Waals surface area contributed by atoms with E-state index in [1.54, 1.807) is 6.92 Å². The van der Waals surface area contributed by atoms with E-state index in [9.17, 15) is 4.79 Å². The number of benzene rings is 1. The van der Waals surface area contributed by atoms with E-state index in [0.29, 0.717) is 6.61 Å². The molecule has 17 heavy (non-hydrogen) atoms. The molecule has 2 N–H and O–H groups in total. The number of ether oxygens (including phenoxy) is 1. The predicted molar refractivity (Wildman–Crippen MR) is 67.1 cm³/mol. The molecule has 3 heteroatoms. The van der Waals surface area contributed by atoms with Crippen LogP contribution in [0.25, 0.3) is 0 Å². The van der Waals surface area contributed by atoms with Gasteiger partial charge in [-0.05, 0) is 12.5 Å². The van der Waals surface area contributed by atoms with E-state index in [4.69, 9.17) is 16.9 Å². The largest absolute Gasteiger partial charge is 0.372 e. The number of hydrogen-bond donors (Lipinski definition) is 1. The van der Waals surface area contributed by atoms with Gasteiger partial charge in [-0.15, -0.1) is 6.42 Å². The molecule has 0 amide bonds. The van der Waals surface area contributed by atoms with Crippen LogP contribution in [0.1, 0.15) is 18.9 Å². The van der Waals surface area contributed by atoms with Crippen molar-refractivity contribution in [1.82, 2.24) is 0 Å². The lowest BCUT2D eigenvalue weighted by Crippen LogP contribution is -2.41. The Hall–Kier alpha value is -1.63. The first-order valence-electron chi connectivity index (χ1n) is 5.52. The Balaban J connectivity index is 2.42. The maximum atomic E-state index is 11.4. The van der Waals surface area contributed by atoms with E-state index in [1.807, 2.05) is 30.3 Å². The van der Waals surface area contributed by atoms with Crippen LogP contribution in [0.5, 0.6) is 0 Å². The molecule has 0 radical (unpaired) electrons. The molecule has 1 aromatic rings. The van der Waals surface area contributed by atoms with Crippen LogP contribution in [-0.2, 0) is 16.1 Å². The van der Waals surface area contributed by atoms with Crippen LogP contribution >= 0.6 is 0 Å². The van der Waals surface area contributed by atoms with Gasteiger partial charge >= 0.3 is 0 Å². The molecule has 0 saturated heterocycles. The van der Waals surface area contributed by atoms with Gasteiger partial charge in [-0.2, -0.15) is 0 Å².